The molecular weight excluding hydrogens is 338 g/mol. The molecule has 0 saturated heterocycles. The number of allylic oxidation sites excluding steroid dienone is 1. The number of halogens is 2. The molecule has 106 valence electrons. The normalized spacial score (nSPS) is 11.1. The number of hydrogen-bond donors (Lipinski definition) is 1. The SMILES string of the molecule is C=CCn1c(C(C)C)nc(-c2ccc(Br)cc2Cl)c1N. The van der Waals surface area contributed by atoms with Crippen LogP contribution in [-0.2, 0) is 6.54 Å². The van der Waals surface area contributed by atoms with E-state index in [1.165, 1.54) is 0 Å². The van der Waals surface area contributed by atoms with Gasteiger partial charge in [0.15, 0.2) is 0 Å². The van der Waals surface area contributed by atoms with E-state index in [0.29, 0.717) is 17.4 Å². The third kappa shape index (κ3) is 2.76. The minimum atomic E-state index is 0.278. The van der Waals surface area contributed by atoms with E-state index in [9.17, 15) is 0 Å². The first kappa shape index (κ1) is 15.1. The summed E-state index contributed by atoms with van der Waals surface area (Å²) in [5.41, 5.74) is 7.82. The Bertz CT molecular complexity index is 647. The molecule has 2 aromatic rings. The quantitative estimate of drug-likeness (QED) is 0.797. The Balaban J connectivity index is 2.62. The van der Waals surface area contributed by atoms with Gasteiger partial charge in [-0.2, -0.15) is 0 Å². The Morgan fingerprint density at radius 2 is 2.20 bits per heavy atom. The molecule has 0 aliphatic rings. The van der Waals surface area contributed by atoms with E-state index in [-0.39, 0.29) is 5.92 Å². The minimum Gasteiger partial charge on any atom is -0.383 e. The van der Waals surface area contributed by atoms with Gasteiger partial charge in [0.1, 0.15) is 17.3 Å². The molecule has 0 radical (unpaired) electrons. The van der Waals surface area contributed by atoms with Gasteiger partial charge in [0.25, 0.3) is 0 Å². The van der Waals surface area contributed by atoms with Crippen molar-refractivity contribution in [3.63, 3.8) is 0 Å². The van der Waals surface area contributed by atoms with Gasteiger partial charge in [-0.1, -0.05) is 53.5 Å². The standard InChI is InChI=1S/C15H17BrClN3/c1-4-7-20-14(18)13(19-15(20)9(2)3)11-6-5-10(16)8-12(11)17/h4-6,8-9H,1,7,18H2,2-3H3. The lowest BCUT2D eigenvalue weighted by molar-refractivity contribution is 0.684. The van der Waals surface area contributed by atoms with Gasteiger partial charge < -0.3 is 10.3 Å². The molecular formula is C15H17BrClN3. The molecule has 1 aromatic carbocycles. The van der Waals surface area contributed by atoms with Crippen LogP contribution in [0.4, 0.5) is 5.82 Å². The van der Waals surface area contributed by atoms with E-state index in [1.807, 2.05) is 28.8 Å². The second-order valence-corrected chi connectivity index (χ2v) is 6.20. The maximum absolute atomic E-state index is 6.30. The molecule has 20 heavy (non-hydrogen) atoms. The number of nitrogen functional groups attached to an aromatic ring is 1. The van der Waals surface area contributed by atoms with Crippen molar-refractivity contribution in [2.24, 2.45) is 0 Å². The van der Waals surface area contributed by atoms with Crippen molar-refractivity contribution in [1.29, 1.82) is 0 Å². The Morgan fingerprint density at radius 3 is 2.75 bits per heavy atom. The molecule has 0 bridgehead atoms. The summed E-state index contributed by atoms with van der Waals surface area (Å²) < 4.78 is 2.91. The first-order valence-corrected chi connectivity index (χ1v) is 7.55. The van der Waals surface area contributed by atoms with Crippen molar-refractivity contribution in [3.8, 4) is 11.3 Å². The summed E-state index contributed by atoms with van der Waals surface area (Å²) in [4.78, 5) is 4.68. The average Bonchev–Trinajstić information content (AvgIpc) is 2.68. The van der Waals surface area contributed by atoms with Crippen LogP contribution in [0.3, 0.4) is 0 Å². The Labute approximate surface area is 132 Å². The largest absolute Gasteiger partial charge is 0.383 e. The summed E-state index contributed by atoms with van der Waals surface area (Å²) in [6.07, 6.45) is 1.82. The van der Waals surface area contributed by atoms with Crippen LogP contribution in [0.15, 0.2) is 35.3 Å². The van der Waals surface area contributed by atoms with Gasteiger partial charge >= 0.3 is 0 Å². The number of nitrogens with zero attached hydrogens (tertiary/aromatic N) is 2. The molecule has 0 saturated carbocycles. The number of hydrogen-bond acceptors (Lipinski definition) is 2. The first-order valence-electron chi connectivity index (χ1n) is 6.38. The molecule has 0 aliphatic carbocycles. The van der Waals surface area contributed by atoms with Crippen molar-refractivity contribution in [2.75, 3.05) is 5.73 Å². The predicted molar refractivity (Wildman–Crippen MR) is 89.1 cm³/mol. The highest BCUT2D eigenvalue weighted by atomic mass is 79.9. The number of rotatable bonds is 4. The van der Waals surface area contributed by atoms with Crippen LogP contribution in [0.1, 0.15) is 25.6 Å². The van der Waals surface area contributed by atoms with E-state index < -0.39 is 0 Å². The van der Waals surface area contributed by atoms with Crippen molar-refractivity contribution in [3.05, 3.63) is 46.2 Å². The summed E-state index contributed by atoms with van der Waals surface area (Å²) >= 11 is 9.70. The van der Waals surface area contributed by atoms with Crippen LogP contribution in [0.2, 0.25) is 5.02 Å². The van der Waals surface area contributed by atoms with E-state index in [4.69, 9.17) is 17.3 Å². The molecule has 2 rings (SSSR count). The molecule has 0 aliphatic heterocycles. The third-order valence-corrected chi connectivity index (χ3v) is 3.86. The molecule has 0 fully saturated rings. The lowest BCUT2D eigenvalue weighted by Crippen LogP contribution is -2.07. The fourth-order valence-electron chi connectivity index (χ4n) is 2.12. The third-order valence-electron chi connectivity index (χ3n) is 3.05. The smallest absolute Gasteiger partial charge is 0.132 e. The fraction of sp³-hybridized carbons (Fsp3) is 0.267. The molecule has 0 spiro atoms. The first-order chi connectivity index (χ1) is 9.45. The molecule has 0 amide bonds. The van der Waals surface area contributed by atoms with E-state index in [1.54, 1.807) is 0 Å². The van der Waals surface area contributed by atoms with Crippen LogP contribution >= 0.6 is 27.5 Å². The maximum atomic E-state index is 6.30. The van der Waals surface area contributed by atoms with Gasteiger partial charge in [-0.15, -0.1) is 6.58 Å². The molecule has 0 atom stereocenters. The lowest BCUT2D eigenvalue weighted by atomic mass is 10.1. The minimum absolute atomic E-state index is 0.278. The highest BCUT2D eigenvalue weighted by Crippen LogP contribution is 2.35. The van der Waals surface area contributed by atoms with Gasteiger partial charge in [-0.05, 0) is 12.1 Å². The second-order valence-electron chi connectivity index (χ2n) is 4.88. The Hall–Kier alpha value is -1.26. The van der Waals surface area contributed by atoms with Gasteiger partial charge in [0, 0.05) is 22.5 Å². The number of nitrogens with two attached hydrogens (primary N) is 1. The fourth-order valence-corrected chi connectivity index (χ4v) is 2.89. The van der Waals surface area contributed by atoms with Gasteiger partial charge in [-0.3, -0.25) is 0 Å². The van der Waals surface area contributed by atoms with Crippen molar-refractivity contribution < 1.29 is 0 Å². The van der Waals surface area contributed by atoms with Gasteiger partial charge in [-0.25, -0.2) is 4.98 Å². The summed E-state index contributed by atoms with van der Waals surface area (Å²) in [6.45, 7) is 8.59. The summed E-state index contributed by atoms with van der Waals surface area (Å²) in [6, 6.07) is 5.70. The van der Waals surface area contributed by atoms with Crippen LogP contribution in [0.25, 0.3) is 11.3 Å². The molecule has 1 heterocycles. The number of aromatic nitrogens is 2. The van der Waals surface area contributed by atoms with Crippen LogP contribution in [-0.4, -0.2) is 9.55 Å². The zero-order valence-electron chi connectivity index (χ0n) is 11.5. The number of imidazole rings is 1. The van der Waals surface area contributed by atoms with Crippen molar-refractivity contribution in [2.45, 2.75) is 26.3 Å². The molecule has 2 N–H and O–H groups in total. The average molecular weight is 355 g/mol. The Kier molecular flexibility index (Phi) is 4.55. The summed E-state index contributed by atoms with van der Waals surface area (Å²) in [7, 11) is 0. The van der Waals surface area contributed by atoms with Crippen LogP contribution < -0.4 is 5.73 Å². The summed E-state index contributed by atoms with van der Waals surface area (Å²) in [5.74, 6) is 1.84. The van der Waals surface area contributed by atoms with E-state index in [2.05, 4.69) is 41.3 Å². The molecule has 0 unspecified atom stereocenters. The maximum Gasteiger partial charge on any atom is 0.132 e. The van der Waals surface area contributed by atoms with E-state index in [0.717, 1.165) is 21.6 Å². The zero-order valence-corrected chi connectivity index (χ0v) is 13.9. The van der Waals surface area contributed by atoms with Crippen molar-refractivity contribution >= 4 is 33.3 Å². The van der Waals surface area contributed by atoms with Crippen LogP contribution in [0.5, 0.6) is 0 Å². The molecule has 3 nitrogen and oxygen atoms in total. The predicted octanol–water partition coefficient (Wildman–Crippen LogP) is 4.86. The van der Waals surface area contributed by atoms with Crippen molar-refractivity contribution in [1.82, 2.24) is 9.55 Å². The number of anilines is 1. The van der Waals surface area contributed by atoms with Gasteiger partial charge in [0.05, 0.1) is 5.02 Å². The van der Waals surface area contributed by atoms with Crippen LogP contribution in [0, 0.1) is 0 Å². The molecule has 5 heteroatoms. The van der Waals surface area contributed by atoms with E-state index >= 15 is 0 Å². The highest BCUT2D eigenvalue weighted by Gasteiger charge is 2.19. The highest BCUT2D eigenvalue weighted by molar-refractivity contribution is 9.10. The second kappa shape index (κ2) is 6.02. The van der Waals surface area contributed by atoms with Gasteiger partial charge in [0.2, 0.25) is 0 Å². The summed E-state index contributed by atoms with van der Waals surface area (Å²) in [5, 5.41) is 0.629. The topological polar surface area (TPSA) is 43.8 Å². The number of benzene rings is 1. The zero-order chi connectivity index (χ0) is 14.9. The molecule has 1 aromatic heterocycles. The lowest BCUT2D eigenvalue weighted by Gasteiger charge is -2.09. The Morgan fingerprint density at radius 1 is 1.50 bits per heavy atom. The monoisotopic (exact) mass is 353 g/mol.